The molecule has 2 N–H and O–H groups in total. The lowest BCUT2D eigenvalue weighted by Gasteiger charge is -2.41. The van der Waals surface area contributed by atoms with Gasteiger partial charge in [0.15, 0.2) is 0 Å². The first-order valence-corrected chi connectivity index (χ1v) is 14.2. The van der Waals surface area contributed by atoms with E-state index in [9.17, 15) is 9.59 Å². The van der Waals surface area contributed by atoms with Gasteiger partial charge in [0.2, 0.25) is 5.91 Å². The number of halogens is 2. The van der Waals surface area contributed by atoms with Gasteiger partial charge in [0, 0.05) is 29.0 Å². The number of aryl methyl sites for hydroxylation is 1. The Bertz CT molecular complexity index is 1300. The van der Waals surface area contributed by atoms with Crippen molar-refractivity contribution in [2.24, 2.45) is 5.92 Å². The van der Waals surface area contributed by atoms with Gasteiger partial charge >= 0.3 is 0 Å². The van der Waals surface area contributed by atoms with E-state index in [4.69, 9.17) is 23.2 Å². The van der Waals surface area contributed by atoms with Gasteiger partial charge < -0.3 is 15.5 Å². The number of likely N-dealkylation sites (tertiary alicyclic amines) is 1. The van der Waals surface area contributed by atoms with Crippen LogP contribution in [0.3, 0.4) is 0 Å². The number of nitrogens with one attached hydrogen (secondary N) is 2. The van der Waals surface area contributed by atoms with E-state index in [0.717, 1.165) is 23.2 Å². The van der Waals surface area contributed by atoms with Crippen molar-refractivity contribution < 1.29 is 9.59 Å². The molecule has 1 unspecified atom stereocenters. The second-order valence-electron chi connectivity index (χ2n) is 10.4. The van der Waals surface area contributed by atoms with Gasteiger partial charge in [-0.1, -0.05) is 66.4 Å². The van der Waals surface area contributed by atoms with Gasteiger partial charge in [-0.15, -0.1) is 0 Å². The predicted octanol–water partition coefficient (Wildman–Crippen LogP) is 7.89. The molecule has 0 spiro atoms. The first-order valence-electron chi connectivity index (χ1n) is 13.4. The predicted molar refractivity (Wildman–Crippen MR) is 155 cm³/mol. The third-order valence-electron chi connectivity index (χ3n) is 7.75. The molecular weight excluding hydrogens is 517 g/mol. The number of carbonyl (C=O) groups is 2. The van der Waals surface area contributed by atoms with Crippen LogP contribution in [0.5, 0.6) is 0 Å². The zero-order valence-corrected chi connectivity index (χ0v) is 23.1. The molecule has 5 rings (SSSR count). The molecule has 2 aliphatic rings. The molecule has 3 aromatic rings. The minimum absolute atomic E-state index is 0.125. The van der Waals surface area contributed by atoms with Gasteiger partial charge in [-0.05, 0) is 80.1 Å². The Balaban J connectivity index is 1.45. The highest BCUT2D eigenvalue weighted by Crippen LogP contribution is 2.39. The summed E-state index contributed by atoms with van der Waals surface area (Å²) >= 11 is 12.7. The van der Waals surface area contributed by atoms with Crippen LogP contribution >= 0.6 is 23.2 Å². The summed E-state index contributed by atoms with van der Waals surface area (Å²) in [6.45, 7) is 2.48. The van der Waals surface area contributed by atoms with E-state index < -0.39 is 12.0 Å². The van der Waals surface area contributed by atoms with E-state index in [1.807, 2.05) is 48.2 Å². The van der Waals surface area contributed by atoms with Crippen LogP contribution in [0.1, 0.15) is 66.1 Å². The molecule has 5 nitrogen and oxygen atoms in total. The molecule has 3 aromatic carbocycles. The van der Waals surface area contributed by atoms with Crippen molar-refractivity contribution in [3.05, 3.63) is 93.5 Å². The number of piperidine rings is 1. The maximum Gasteiger partial charge on any atom is 0.255 e. The number of anilines is 2. The summed E-state index contributed by atoms with van der Waals surface area (Å²) in [6.07, 6.45) is 6.30. The molecule has 0 aromatic heterocycles. The Hall–Kier alpha value is -3.02. The Morgan fingerprint density at radius 1 is 0.842 bits per heavy atom. The molecule has 1 heterocycles. The number of carbonyl (C=O) groups excluding carboxylic acids is 2. The molecule has 2 fully saturated rings. The standard InChI is InChI=1S/C31H33Cl2N3O2/c1-20-12-15-24(19-28(20)33)35-30(37)26-10-6-18-36(31(38)25-9-4-5-11-27(25)32)29(26)21-13-16-23(17-14-21)34-22-7-2-3-8-22/h4-5,9,11-17,19,22,26,29,34H,2-3,6-8,10,18H2,1H3,(H,35,37)/t26?,29-/m0/s1. The molecule has 0 bridgehead atoms. The zero-order chi connectivity index (χ0) is 26.6. The second kappa shape index (κ2) is 11.8. The van der Waals surface area contributed by atoms with E-state index in [0.29, 0.717) is 40.3 Å². The van der Waals surface area contributed by atoms with Crippen LogP contribution in [0.15, 0.2) is 66.7 Å². The highest BCUT2D eigenvalue weighted by Gasteiger charge is 2.40. The molecule has 1 aliphatic heterocycles. The van der Waals surface area contributed by atoms with Crippen molar-refractivity contribution in [2.75, 3.05) is 17.2 Å². The summed E-state index contributed by atoms with van der Waals surface area (Å²) in [5.41, 5.74) is 4.04. The molecule has 7 heteroatoms. The summed E-state index contributed by atoms with van der Waals surface area (Å²) in [7, 11) is 0. The van der Waals surface area contributed by atoms with Crippen molar-refractivity contribution in [1.82, 2.24) is 4.90 Å². The van der Waals surface area contributed by atoms with Crippen LogP contribution in [-0.4, -0.2) is 29.3 Å². The molecule has 1 saturated carbocycles. The summed E-state index contributed by atoms with van der Waals surface area (Å²) in [5.74, 6) is -0.715. The van der Waals surface area contributed by atoms with Crippen LogP contribution in [0.25, 0.3) is 0 Å². The quantitative estimate of drug-likeness (QED) is 0.328. The summed E-state index contributed by atoms with van der Waals surface area (Å²) in [6, 6.07) is 20.9. The lowest BCUT2D eigenvalue weighted by molar-refractivity contribution is -0.123. The SMILES string of the molecule is Cc1ccc(NC(=O)C2CCCN(C(=O)c3ccccc3Cl)[C@H]2c2ccc(NC3CCCC3)cc2)cc1Cl. The summed E-state index contributed by atoms with van der Waals surface area (Å²) in [4.78, 5) is 29.3. The maximum atomic E-state index is 13.8. The highest BCUT2D eigenvalue weighted by molar-refractivity contribution is 6.33. The van der Waals surface area contributed by atoms with Crippen LogP contribution in [0, 0.1) is 12.8 Å². The average Bonchev–Trinajstić information content (AvgIpc) is 3.44. The molecule has 0 radical (unpaired) electrons. The normalized spacial score (nSPS) is 19.8. The van der Waals surface area contributed by atoms with Gasteiger partial charge in [-0.2, -0.15) is 0 Å². The topological polar surface area (TPSA) is 61.4 Å². The number of benzene rings is 3. The first kappa shape index (κ1) is 26.6. The number of hydrogen-bond donors (Lipinski definition) is 2. The minimum atomic E-state index is -0.427. The molecule has 1 aliphatic carbocycles. The number of nitrogens with zero attached hydrogens (tertiary/aromatic N) is 1. The van der Waals surface area contributed by atoms with Gasteiger partial charge in [0.05, 0.1) is 22.5 Å². The van der Waals surface area contributed by atoms with Gasteiger partial charge in [-0.3, -0.25) is 9.59 Å². The van der Waals surface area contributed by atoms with Gasteiger partial charge in [-0.25, -0.2) is 0 Å². The van der Waals surface area contributed by atoms with Crippen molar-refractivity contribution in [3.8, 4) is 0 Å². The van der Waals surface area contributed by atoms with Crippen molar-refractivity contribution >= 4 is 46.4 Å². The molecule has 2 atom stereocenters. The molecule has 38 heavy (non-hydrogen) atoms. The van der Waals surface area contributed by atoms with Crippen molar-refractivity contribution in [1.29, 1.82) is 0 Å². The van der Waals surface area contributed by atoms with Crippen LogP contribution in [-0.2, 0) is 4.79 Å². The Kier molecular flexibility index (Phi) is 8.25. The average molecular weight is 551 g/mol. The zero-order valence-electron chi connectivity index (χ0n) is 21.6. The molecule has 2 amide bonds. The number of hydrogen-bond acceptors (Lipinski definition) is 3. The van der Waals surface area contributed by atoms with Gasteiger partial charge in [0.25, 0.3) is 5.91 Å². The van der Waals surface area contributed by atoms with E-state index in [-0.39, 0.29) is 11.8 Å². The van der Waals surface area contributed by atoms with Crippen LogP contribution in [0.4, 0.5) is 11.4 Å². The molecule has 1 saturated heterocycles. The smallest absolute Gasteiger partial charge is 0.255 e. The first-order chi connectivity index (χ1) is 18.4. The summed E-state index contributed by atoms with van der Waals surface area (Å²) in [5, 5.41) is 7.69. The lowest BCUT2D eigenvalue weighted by atomic mass is 9.83. The van der Waals surface area contributed by atoms with Crippen molar-refractivity contribution in [2.45, 2.75) is 57.5 Å². The Labute approximate surface area is 234 Å². The fourth-order valence-electron chi connectivity index (χ4n) is 5.69. The summed E-state index contributed by atoms with van der Waals surface area (Å²) < 4.78 is 0. The van der Waals surface area contributed by atoms with Crippen LogP contribution in [0.2, 0.25) is 10.0 Å². The van der Waals surface area contributed by atoms with Crippen molar-refractivity contribution in [3.63, 3.8) is 0 Å². The second-order valence-corrected chi connectivity index (χ2v) is 11.2. The van der Waals surface area contributed by atoms with Gasteiger partial charge in [0.1, 0.15) is 0 Å². The fourth-order valence-corrected chi connectivity index (χ4v) is 6.08. The van der Waals surface area contributed by atoms with Crippen LogP contribution < -0.4 is 10.6 Å². The highest BCUT2D eigenvalue weighted by atomic mass is 35.5. The third-order valence-corrected chi connectivity index (χ3v) is 8.49. The van der Waals surface area contributed by atoms with E-state index in [1.165, 1.54) is 25.7 Å². The number of amides is 2. The Morgan fingerprint density at radius 2 is 1.55 bits per heavy atom. The molecule has 198 valence electrons. The van der Waals surface area contributed by atoms with E-state index in [2.05, 4.69) is 22.8 Å². The van der Waals surface area contributed by atoms with E-state index in [1.54, 1.807) is 18.2 Å². The monoisotopic (exact) mass is 549 g/mol. The maximum absolute atomic E-state index is 13.8. The van der Waals surface area contributed by atoms with E-state index >= 15 is 0 Å². The third kappa shape index (κ3) is 5.84. The molecular formula is C31H33Cl2N3O2. The fraction of sp³-hybridized carbons (Fsp3) is 0.355. The largest absolute Gasteiger partial charge is 0.382 e. The minimum Gasteiger partial charge on any atom is -0.382 e. The lowest BCUT2D eigenvalue weighted by Crippen LogP contribution is -2.46. The number of rotatable bonds is 6. The Morgan fingerprint density at radius 3 is 2.26 bits per heavy atom.